The Kier molecular flexibility index (Phi) is 5.88. The quantitative estimate of drug-likeness (QED) is 0.681. The highest BCUT2D eigenvalue weighted by molar-refractivity contribution is 5.08. The number of hydrogen-bond acceptors (Lipinski definition) is 2. The molecule has 2 N–H and O–H groups in total. The van der Waals surface area contributed by atoms with Gasteiger partial charge >= 0.3 is 0 Å². The molecule has 1 unspecified atom stereocenters. The molecule has 1 aliphatic rings. The second kappa shape index (κ2) is 7.02. The first-order chi connectivity index (χ1) is 6.84. The maximum absolute atomic E-state index is 9.84. The van der Waals surface area contributed by atoms with E-state index in [1.807, 2.05) is 0 Å². The van der Waals surface area contributed by atoms with E-state index in [9.17, 15) is 5.11 Å². The zero-order valence-corrected chi connectivity index (χ0v) is 8.91. The first-order valence-electron chi connectivity index (χ1n) is 5.82. The molecule has 0 saturated heterocycles. The van der Waals surface area contributed by atoms with Crippen LogP contribution in [0.2, 0.25) is 0 Å². The Morgan fingerprint density at radius 2 is 2.00 bits per heavy atom. The van der Waals surface area contributed by atoms with Crippen LogP contribution in [0.1, 0.15) is 51.4 Å². The lowest BCUT2D eigenvalue weighted by atomic mass is 9.94. The summed E-state index contributed by atoms with van der Waals surface area (Å²) in [6.07, 6.45) is 10.6. The number of rotatable bonds is 4. The van der Waals surface area contributed by atoms with Gasteiger partial charge < -0.3 is 10.2 Å². The van der Waals surface area contributed by atoms with Gasteiger partial charge in [0.2, 0.25) is 0 Å². The van der Waals surface area contributed by atoms with E-state index in [1.54, 1.807) is 0 Å². The lowest BCUT2D eigenvalue weighted by Crippen LogP contribution is -2.12. The minimum absolute atomic E-state index is 0.185. The summed E-state index contributed by atoms with van der Waals surface area (Å²) in [4.78, 5) is 0. The lowest BCUT2D eigenvalue weighted by Gasteiger charge is -2.16. The van der Waals surface area contributed by atoms with Gasteiger partial charge in [0.05, 0.1) is 6.10 Å². The van der Waals surface area contributed by atoms with E-state index in [0.29, 0.717) is 12.8 Å². The second-order valence-electron chi connectivity index (χ2n) is 4.11. The van der Waals surface area contributed by atoms with Gasteiger partial charge in [0.25, 0.3) is 0 Å². The normalized spacial score (nSPS) is 20.9. The Labute approximate surface area is 86.6 Å². The third-order valence-electron chi connectivity index (χ3n) is 2.89. The highest BCUT2D eigenvalue weighted by atomic mass is 16.3. The molecule has 0 aromatic rings. The topological polar surface area (TPSA) is 40.5 Å². The summed E-state index contributed by atoms with van der Waals surface area (Å²) in [6, 6.07) is 0. The number of allylic oxidation sites excluding steroid dienone is 1. The SMILES string of the molecule is OCCCC(O)C1=CCCCCCC1. The van der Waals surface area contributed by atoms with Gasteiger partial charge in [-0.05, 0) is 44.1 Å². The summed E-state index contributed by atoms with van der Waals surface area (Å²) in [6.45, 7) is 0.185. The largest absolute Gasteiger partial charge is 0.396 e. The van der Waals surface area contributed by atoms with Crippen molar-refractivity contribution >= 4 is 0 Å². The van der Waals surface area contributed by atoms with E-state index in [1.165, 1.54) is 31.3 Å². The van der Waals surface area contributed by atoms with Gasteiger partial charge in [-0.1, -0.05) is 18.9 Å². The number of hydrogen-bond donors (Lipinski definition) is 2. The van der Waals surface area contributed by atoms with Crippen LogP contribution in [-0.4, -0.2) is 22.9 Å². The monoisotopic (exact) mass is 198 g/mol. The maximum Gasteiger partial charge on any atom is 0.0751 e. The van der Waals surface area contributed by atoms with Crippen LogP contribution in [0.3, 0.4) is 0 Å². The van der Waals surface area contributed by atoms with E-state index in [2.05, 4.69) is 6.08 Å². The third-order valence-corrected chi connectivity index (χ3v) is 2.89. The first kappa shape index (κ1) is 11.7. The molecule has 0 amide bonds. The zero-order valence-electron chi connectivity index (χ0n) is 8.91. The molecule has 0 aromatic carbocycles. The minimum atomic E-state index is -0.305. The van der Waals surface area contributed by atoms with Crippen molar-refractivity contribution < 1.29 is 10.2 Å². The number of aliphatic hydroxyl groups is 2. The molecule has 0 fully saturated rings. The van der Waals surface area contributed by atoms with E-state index in [4.69, 9.17) is 5.11 Å². The van der Waals surface area contributed by atoms with Crippen LogP contribution >= 0.6 is 0 Å². The van der Waals surface area contributed by atoms with Gasteiger partial charge in [0, 0.05) is 6.61 Å². The van der Waals surface area contributed by atoms with E-state index >= 15 is 0 Å². The highest BCUT2D eigenvalue weighted by Crippen LogP contribution is 2.21. The van der Waals surface area contributed by atoms with Crippen LogP contribution in [0.15, 0.2) is 11.6 Å². The van der Waals surface area contributed by atoms with Crippen molar-refractivity contribution in [1.29, 1.82) is 0 Å². The molecule has 14 heavy (non-hydrogen) atoms. The summed E-state index contributed by atoms with van der Waals surface area (Å²) < 4.78 is 0. The summed E-state index contributed by atoms with van der Waals surface area (Å²) in [5, 5.41) is 18.5. The van der Waals surface area contributed by atoms with Crippen molar-refractivity contribution in [3.05, 3.63) is 11.6 Å². The Hall–Kier alpha value is -0.340. The molecule has 0 spiro atoms. The smallest absolute Gasteiger partial charge is 0.0751 e. The third kappa shape index (κ3) is 4.25. The average Bonchev–Trinajstić information content (AvgIpc) is 2.13. The maximum atomic E-state index is 9.84. The molecule has 0 radical (unpaired) electrons. The molecule has 1 aliphatic carbocycles. The molecule has 0 saturated carbocycles. The molecule has 0 aliphatic heterocycles. The fourth-order valence-electron chi connectivity index (χ4n) is 1.99. The van der Waals surface area contributed by atoms with Crippen molar-refractivity contribution in [2.24, 2.45) is 0 Å². The number of aliphatic hydroxyl groups excluding tert-OH is 2. The van der Waals surface area contributed by atoms with E-state index in [-0.39, 0.29) is 12.7 Å². The summed E-state index contributed by atoms with van der Waals surface area (Å²) in [5.74, 6) is 0. The van der Waals surface area contributed by atoms with Gasteiger partial charge in [-0.15, -0.1) is 0 Å². The fraction of sp³-hybridized carbons (Fsp3) is 0.833. The van der Waals surface area contributed by atoms with Crippen molar-refractivity contribution in [3.8, 4) is 0 Å². The Balaban J connectivity index is 2.37. The van der Waals surface area contributed by atoms with Gasteiger partial charge in [-0.25, -0.2) is 0 Å². The van der Waals surface area contributed by atoms with E-state index in [0.717, 1.165) is 12.8 Å². The zero-order chi connectivity index (χ0) is 10.2. The van der Waals surface area contributed by atoms with Crippen LogP contribution < -0.4 is 0 Å². The van der Waals surface area contributed by atoms with Crippen LogP contribution in [-0.2, 0) is 0 Å². The summed E-state index contributed by atoms with van der Waals surface area (Å²) in [7, 11) is 0. The summed E-state index contributed by atoms with van der Waals surface area (Å²) in [5.41, 5.74) is 1.21. The van der Waals surface area contributed by atoms with Crippen LogP contribution in [0.4, 0.5) is 0 Å². The summed E-state index contributed by atoms with van der Waals surface area (Å²) >= 11 is 0. The molecule has 1 atom stereocenters. The molecule has 2 heteroatoms. The van der Waals surface area contributed by atoms with Crippen LogP contribution in [0, 0.1) is 0 Å². The Bertz CT molecular complexity index is 175. The first-order valence-corrected chi connectivity index (χ1v) is 5.82. The molecule has 2 nitrogen and oxygen atoms in total. The molecular weight excluding hydrogens is 176 g/mol. The standard InChI is InChI=1S/C12H22O2/c13-10-6-9-12(14)11-7-4-2-1-3-5-8-11/h7,12-14H,1-6,8-10H2. The van der Waals surface area contributed by atoms with Crippen molar-refractivity contribution in [2.45, 2.75) is 57.5 Å². The van der Waals surface area contributed by atoms with Gasteiger partial charge in [-0.3, -0.25) is 0 Å². The minimum Gasteiger partial charge on any atom is -0.396 e. The molecule has 0 aromatic heterocycles. The highest BCUT2D eigenvalue weighted by Gasteiger charge is 2.11. The van der Waals surface area contributed by atoms with Crippen molar-refractivity contribution in [2.75, 3.05) is 6.61 Å². The van der Waals surface area contributed by atoms with Gasteiger partial charge in [0.1, 0.15) is 0 Å². The Morgan fingerprint density at radius 1 is 1.21 bits per heavy atom. The van der Waals surface area contributed by atoms with E-state index < -0.39 is 0 Å². The lowest BCUT2D eigenvalue weighted by molar-refractivity contribution is 0.175. The molecule has 0 bridgehead atoms. The molecular formula is C12H22O2. The predicted molar refractivity (Wildman–Crippen MR) is 58.1 cm³/mol. The molecule has 1 rings (SSSR count). The van der Waals surface area contributed by atoms with Gasteiger partial charge in [-0.2, -0.15) is 0 Å². The Morgan fingerprint density at radius 3 is 2.79 bits per heavy atom. The fourth-order valence-corrected chi connectivity index (χ4v) is 1.99. The predicted octanol–water partition coefficient (Wildman–Crippen LogP) is 2.40. The van der Waals surface area contributed by atoms with Gasteiger partial charge in [0.15, 0.2) is 0 Å². The molecule has 82 valence electrons. The van der Waals surface area contributed by atoms with Crippen molar-refractivity contribution in [1.82, 2.24) is 0 Å². The van der Waals surface area contributed by atoms with Crippen molar-refractivity contribution in [3.63, 3.8) is 0 Å². The van der Waals surface area contributed by atoms with Crippen LogP contribution in [0.25, 0.3) is 0 Å². The second-order valence-corrected chi connectivity index (χ2v) is 4.11. The van der Waals surface area contributed by atoms with Crippen LogP contribution in [0.5, 0.6) is 0 Å². The average molecular weight is 198 g/mol. The molecule has 0 heterocycles.